The van der Waals surface area contributed by atoms with Crippen molar-refractivity contribution in [2.45, 2.75) is 12.5 Å². The highest BCUT2D eigenvalue weighted by molar-refractivity contribution is 5.67. The summed E-state index contributed by atoms with van der Waals surface area (Å²) in [5, 5.41) is 0. The Kier molecular flexibility index (Phi) is 1.45. The third kappa shape index (κ3) is 1.21. The zero-order valence-corrected chi connectivity index (χ0v) is 7.04. The number of hydrogen-bond donors (Lipinski definition) is 2. The van der Waals surface area contributed by atoms with Crippen molar-refractivity contribution in [2.24, 2.45) is 5.73 Å². The fourth-order valence-corrected chi connectivity index (χ4v) is 1.27. The second-order valence-corrected chi connectivity index (χ2v) is 3.38. The van der Waals surface area contributed by atoms with Crippen LogP contribution in [0.15, 0.2) is 24.4 Å². The minimum Gasteiger partial charge on any atom is -0.361 e. The zero-order chi connectivity index (χ0) is 8.60. The smallest absolute Gasteiger partial charge is 0.0503 e. The third-order valence-electron chi connectivity index (χ3n) is 2.04. The number of H-pyrrole nitrogens is 1. The second kappa shape index (κ2) is 2.35. The van der Waals surface area contributed by atoms with Crippen LogP contribution in [0.1, 0.15) is 18.2 Å². The van der Waals surface area contributed by atoms with Crippen molar-refractivity contribution in [3.05, 3.63) is 35.7 Å². The van der Waals surface area contributed by atoms with Gasteiger partial charge in [-0.1, -0.05) is 18.2 Å². The van der Waals surface area contributed by atoms with Gasteiger partial charge in [-0.3, -0.25) is 0 Å². The number of hydrogen-bond acceptors (Lipinski definition) is 1. The van der Waals surface area contributed by atoms with E-state index in [2.05, 4.69) is 4.98 Å². The molecule has 0 saturated carbocycles. The Labute approximate surface area is 71.8 Å². The van der Waals surface area contributed by atoms with Crippen molar-refractivity contribution < 1.29 is 0 Å². The molecule has 0 aliphatic heterocycles. The predicted octanol–water partition coefficient (Wildman–Crippen LogP) is 1.77. The quantitative estimate of drug-likeness (QED) is 0.596. The number of nitrogens with one attached hydrogen (secondary N) is 1. The molecule has 12 heavy (non-hydrogen) atoms. The van der Waals surface area contributed by atoms with Crippen LogP contribution in [0.2, 0.25) is 0 Å². The van der Waals surface area contributed by atoms with Gasteiger partial charge in [0.25, 0.3) is 0 Å². The lowest BCUT2D eigenvalue weighted by molar-refractivity contribution is 0.743. The van der Waals surface area contributed by atoms with Crippen molar-refractivity contribution >= 4 is 12.2 Å². The van der Waals surface area contributed by atoms with Gasteiger partial charge in [-0.25, -0.2) is 0 Å². The summed E-state index contributed by atoms with van der Waals surface area (Å²) in [6.07, 6.45) is 9.99. The van der Waals surface area contributed by atoms with E-state index >= 15 is 0 Å². The fraction of sp³-hybridized carbons (Fsp3) is 0.200. The molecule has 1 heterocycles. The molecule has 1 atom stereocenters. The molecule has 2 rings (SSSR count). The van der Waals surface area contributed by atoms with Crippen molar-refractivity contribution in [3.8, 4) is 0 Å². The largest absolute Gasteiger partial charge is 0.361 e. The number of nitrogens with two attached hydrogens (primary N) is 1. The van der Waals surface area contributed by atoms with Gasteiger partial charge in [0, 0.05) is 11.9 Å². The van der Waals surface area contributed by atoms with Crippen molar-refractivity contribution in [3.63, 3.8) is 0 Å². The standard InChI is InChI=1S/C10H12N2/c1-10(11)5-2-8-4-7-12-9(8)3-6-10/h2-7,12H,11H2,1H3. The van der Waals surface area contributed by atoms with E-state index in [-0.39, 0.29) is 5.54 Å². The monoisotopic (exact) mass is 160 g/mol. The summed E-state index contributed by atoms with van der Waals surface area (Å²) in [5.41, 5.74) is 7.93. The van der Waals surface area contributed by atoms with E-state index in [0.717, 1.165) is 5.69 Å². The molecule has 1 aliphatic rings. The van der Waals surface area contributed by atoms with E-state index in [4.69, 9.17) is 5.73 Å². The Morgan fingerprint density at radius 3 is 2.92 bits per heavy atom. The van der Waals surface area contributed by atoms with Gasteiger partial charge in [-0.2, -0.15) is 0 Å². The summed E-state index contributed by atoms with van der Waals surface area (Å²) < 4.78 is 0. The first-order valence-corrected chi connectivity index (χ1v) is 4.02. The van der Waals surface area contributed by atoms with Crippen LogP contribution in [0, 0.1) is 0 Å². The Balaban J connectivity index is 2.49. The van der Waals surface area contributed by atoms with Crippen molar-refractivity contribution in [2.75, 3.05) is 0 Å². The van der Waals surface area contributed by atoms with E-state index < -0.39 is 0 Å². The van der Waals surface area contributed by atoms with Crippen LogP contribution in [0.4, 0.5) is 0 Å². The first-order chi connectivity index (χ1) is 5.67. The summed E-state index contributed by atoms with van der Waals surface area (Å²) in [6.45, 7) is 1.98. The maximum Gasteiger partial charge on any atom is 0.0503 e. The lowest BCUT2D eigenvalue weighted by Gasteiger charge is -2.12. The molecular formula is C10H12N2. The molecule has 0 spiro atoms. The zero-order valence-electron chi connectivity index (χ0n) is 7.04. The fourth-order valence-electron chi connectivity index (χ4n) is 1.27. The van der Waals surface area contributed by atoms with Gasteiger partial charge in [-0.05, 0) is 24.6 Å². The Morgan fingerprint density at radius 2 is 2.08 bits per heavy atom. The van der Waals surface area contributed by atoms with E-state index in [9.17, 15) is 0 Å². The van der Waals surface area contributed by atoms with Gasteiger partial charge >= 0.3 is 0 Å². The van der Waals surface area contributed by atoms with Crippen molar-refractivity contribution in [1.29, 1.82) is 0 Å². The third-order valence-corrected chi connectivity index (χ3v) is 2.04. The minimum absolute atomic E-state index is 0.320. The second-order valence-electron chi connectivity index (χ2n) is 3.38. The summed E-state index contributed by atoms with van der Waals surface area (Å²) in [7, 11) is 0. The average Bonchev–Trinajstić information content (AvgIpc) is 2.40. The molecule has 0 amide bonds. The first-order valence-electron chi connectivity index (χ1n) is 4.02. The van der Waals surface area contributed by atoms with Crippen LogP contribution >= 0.6 is 0 Å². The van der Waals surface area contributed by atoms with E-state index in [1.165, 1.54) is 5.56 Å². The highest BCUT2D eigenvalue weighted by Crippen LogP contribution is 2.18. The summed E-state index contributed by atoms with van der Waals surface area (Å²) in [4.78, 5) is 3.14. The number of rotatable bonds is 0. The molecule has 0 aromatic carbocycles. The molecule has 2 heteroatoms. The number of fused-ring (bicyclic) bond motifs is 1. The van der Waals surface area contributed by atoms with Crippen LogP contribution in [-0.4, -0.2) is 10.5 Å². The number of aromatic amines is 1. The Bertz CT molecular complexity index is 312. The van der Waals surface area contributed by atoms with E-state index in [1.54, 1.807) is 0 Å². The molecule has 0 bridgehead atoms. The van der Waals surface area contributed by atoms with Crippen LogP contribution in [-0.2, 0) is 0 Å². The van der Waals surface area contributed by atoms with E-state index in [1.807, 2.05) is 43.5 Å². The SMILES string of the molecule is CC1(N)C=Cc2cc[nH]c2C=C1. The molecule has 3 N–H and O–H groups in total. The topological polar surface area (TPSA) is 41.8 Å². The highest BCUT2D eigenvalue weighted by atomic mass is 14.7. The van der Waals surface area contributed by atoms with Crippen LogP contribution in [0.25, 0.3) is 12.2 Å². The Morgan fingerprint density at radius 1 is 1.33 bits per heavy atom. The predicted molar refractivity (Wildman–Crippen MR) is 51.5 cm³/mol. The molecule has 0 saturated heterocycles. The average molecular weight is 160 g/mol. The molecule has 0 radical (unpaired) electrons. The van der Waals surface area contributed by atoms with Crippen LogP contribution < -0.4 is 5.73 Å². The first kappa shape index (κ1) is 7.37. The highest BCUT2D eigenvalue weighted by Gasteiger charge is 2.12. The maximum absolute atomic E-state index is 5.93. The van der Waals surface area contributed by atoms with E-state index in [0.29, 0.717) is 0 Å². The van der Waals surface area contributed by atoms with Gasteiger partial charge in [-0.15, -0.1) is 0 Å². The van der Waals surface area contributed by atoms with Gasteiger partial charge in [0.2, 0.25) is 0 Å². The van der Waals surface area contributed by atoms with Gasteiger partial charge in [0.05, 0.1) is 5.54 Å². The lowest BCUT2D eigenvalue weighted by atomic mass is 10.0. The maximum atomic E-state index is 5.93. The van der Waals surface area contributed by atoms with Gasteiger partial charge in [0.15, 0.2) is 0 Å². The van der Waals surface area contributed by atoms with Crippen LogP contribution in [0.3, 0.4) is 0 Å². The van der Waals surface area contributed by atoms with Crippen molar-refractivity contribution in [1.82, 2.24) is 4.98 Å². The molecule has 62 valence electrons. The molecule has 1 aliphatic carbocycles. The summed E-state index contributed by atoms with van der Waals surface area (Å²) in [6, 6.07) is 2.04. The molecule has 0 fully saturated rings. The Hall–Kier alpha value is -1.28. The molecule has 2 nitrogen and oxygen atoms in total. The normalized spacial score (nSPS) is 26.8. The van der Waals surface area contributed by atoms with Gasteiger partial charge in [0.1, 0.15) is 0 Å². The molecule has 1 aromatic heterocycles. The van der Waals surface area contributed by atoms with Gasteiger partial charge < -0.3 is 10.7 Å². The number of aromatic nitrogens is 1. The summed E-state index contributed by atoms with van der Waals surface area (Å²) in [5.74, 6) is 0. The lowest BCUT2D eigenvalue weighted by Crippen LogP contribution is -2.30. The molecule has 1 aromatic rings. The molecule has 1 unspecified atom stereocenters. The molecular weight excluding hydrogens is 148 g/mol. The minimum atomic E-state index is -0.320. The van der Waals surface area contributed by atoms with Crippen LogP contribution in [0.5, 0.6) is 0 Å². The summed E-state index contributed by atoms with van der Waals surface area (Å²) >= 11 is 0.